The minimum atomic E-state index is -0.362. The van der Waals surface area contributed by atoms with Gasteiger partial charge in [0.25, 0.3) is 0 Å². The quantitative estimate of drug-likeness (QED) is 0.284. The van der Waals surface area contributed by atoms with E-state index < -0.39 is 0 Å². The second-order valence-corrected chi connectivity index (χ2v) is 9.53. The third-order valence-electron chi connectivity index (χ3n) is 7.04. The lowest BCUT2D eigenvalue weighted by Gasteiger charge is -2.19. The van der Waals surface area contributed by atoms with Gasteiger partial charge in [0.05, 0.1) is 12.2 Å². The number of nitrogens with one attached hydrogen (secondary N) is 1. The highest BCUT2D eigenvalue weighted by molar-refractivity contribution is 5.21. The molecule has 4 heteroatoms. The number of hydrogen-bond donors (Lipinski definition) is 3. The highest BCUT2D eigenvalue weighted by Gasteiger charge is 2.43. The second kappa shape index (κ2) is 13.1. The molecule has 0 aliphatic heterocycles. The van der Waals surface area contributed by atoms with Crippen LogP contribution in [0.4, 0.5) is 0 Å². The summed E-state index contributed by atoms with van der Waals surface area (Å²) in [5.74, 6) is 1.27. The van der Waals surface area contributed by atoms with Crippen molar-refractivity contribution >= 4 is 0 Å². The lowest BCUT2D eigenvalue weighted by Crippen LogP contribution is -2.18. The van der Waals surface area contributed by atoms with Gasteiger partial charge in [0.1, 0.15) is 0 Å². The van der Waals surface area contributed by atoms with Gasteiger partial charge in [-0.2, -0.15) is 0 Å². The zero-order chi connectivity index (χ0) is 21.9. The van der Waals surface area contributed by atoms with Crippen LogP contribution in [0.3, 0.4) is 0 Å². The summed E-state index contributed by atoms with van der Waals surface area (Å²) >= 11 is 0. The molecule has 3 rings (SSSR count). The number of hydrogen-bond acceptors (Lipinski definition) is 4. The summed E-state index contributed by atoms with van der Waals surface area (Å²) in [5, 5.41) is 24.2. The first kappa shape index (κ1) is 24.2. The number of aliphatic hydroxyl groups is 2. The van der Waals surface area contributed by atoms with Crippen molar-refractivity contribution in [1.82, 2.24) is 10.3 Å². The molecule has 2 aliphatic rings. The van der Waals surface area contributed by atoms with Crippen molar-refractivity contribution in [2.24, 2.45) is 17.8 Å². The van der Waals surface area contributed by atoms with E-state index in [0.717, 1.165) is 38.8 Å². The Bertz CT molecular complexity index is 688. The van der Waals surface area contributed by atoms with E-state index in [-0.39, 0.29) is 18.1 Å². The topological polar surface area (TPSA) is 65.4 Å². The van der Waals surface area contributed by atoms with Gasteiger partial charge >= 0.3 is 0 Å². The van der Waals surface area contributed by atoms with E-state index in [2.05, 4.69) is 41.5 Å². The van der Waals surface area contributed by atoms with Gasteiger partial charge in [0.15, 0.2) is 0 Å². The van der Waals surface area contributed by atoms with Crippen molar-refractivity contribution in [2.75, 3.05) is 6.54 Å². The lowest BCUT2D eigenvalue weighted by molar-refractivity contribution is 0.139. The summed E-state index contributed by atoms with van der Waals surface area (Å²) in [5.41, 5.74) is 2.88. The zero-order valence-corrected chi connectivity index (χ0v) is 19.3. The smallest absolute Gasteiger partial charge is 0.0721 e. The number of aliphatic hydroxyl groups excluding tert-OH is 2. The van der Waals surface area contributed by atoms with Crippen LogP contribution in [-0.2, 0) is 6.54 Å². The summed E-state index contributed by atoms with van der Waals surface area (Å²) < 4.78 is 0. The highest BCUT2D eigenvalue weighted by Crippen LogP contribution is 2.48. The van der Waals surface area contributed by atoms with Crippen LogP contribution in [0, 0.1) is 17.8 Å². The largest absolute Gasteiger partial charge is 0.392 e. The van der Waals surface area contributed by atoms with Crippen LogP contribution < -0.4 is 5.32 Å². The molecule has 4 nitrogen and oxygen atoms in total. The molecule has 31 heavy (non-hydrogen) atoms. The number of rotatable bonds is 14. The Balaban J connectivity index is 1.31. The van der Waals surface area contributed by atoms with E-state index in [1.807, 2.05) is 18.5 Å². The predicted octanol–water partition coefficient (Wildman–Crippen LogP) is 5.17. The molecule has 0 saturated heterocycles. The Labute approximate surface area is 188 Å². The Morgan fingerprint density at radius 2 is 2.00 bits per heavy atom. The van der Waals surface area contributed by atoms with Gasteiger partial charge in [-0.15, -0.1) is 0 Å². The first-order valence-electron chi connectivity index (χ1n) is 12.5. The molecule has 0 radical (unpaired) electrons. The molecule has 0 aromatic carbocycles. The second-order valence-electron chi connectivity index (χ2n) is 9.53. The van der Waals surface area contributed by atoms with Gasteiger partial charge in [-0.3, -0.25) is 4.98 Å². The summed E-state index contributed by atoms with van der Waals surface area (Å²) in [4.78, 5) is 4.05. The standard InChI is InChI=1S/C27H42N2O2/c1-2-3-5-9-24(30)10-11-25-26-18-22(17-23(26)19-27(25)31)8-6-4-7-14-29-20-21-12-15-28-16-13-21/h10-13,15-17,23-27,29-31H,2-9,14,18-20H2,1H3/t23-,24+,25+,26-,27+/m0/s1. The predicted molar refractivity (Wildman–Crippen MR) is 127 cm³/mol. The Morgan fingerprint density at radius 1 is 1.16 bits per heavy atom. The molecule has 172 valence electrons. The van der Waals surface area contributed by atoms with Crippen LogP contribution in [0.5, 0.6) is 0 Å². The van der Waals surface area contributed by atoms with Gasteiger partial charge in [0.2, 0.25) is 0 Å². The summed E-state index contributed by atoms with van der Waals surface area (Å²) in [7, 11) is 0. The molecule has 0 bridgehead atoms. The fraction of sp³-hybridized carbons (Fsp3) is 0.667. The van der Waals surface area contributed by atoms with Gasteiger partial charge < -0.3 is 15.5 Å². The van der Waals surface area contributed by atoms with Gasteiger partial charge in [-0.25, -0.2) is 0 Å². The number of allylic oxidation sites excluding steroid dienone is 2. The van der Waals surface area contributed by atoms with E-state index in [9.17, 15) is 10.2 Å². The van der Waals surface area contributed by atoms with E-state index in [4.69, 9.17) is 0 Å². The Morgan fingerprint density at radius 3 is 2.81 bits per heavy atom. The molecule has 3 N–H and O–H groups in total. The molecule has 1 aromatic rings. The van der Waals surface area contributed by atoms with Crippen LogP contribution in [0.1, 0.15) is 76.7 Å². The van der Waals surface area contributed by atoms with Crippen LogP contribution in [0.25, 0.3) is 0 Å². The third-order valence-corrected chi connectivity index (χ3v) is 7.04. The molecular formula is C27H42N2O2. The van der Waals surface area contributed by atoms with E-state index in [0.29, 0.717) is 11.8 Å². The van der Waals surface area contributed by atoms with Crippen molar-refractivity contribution < 1.29 is 10.2 Å². The van der Waals surface area contributed by atoms with Crippen molar-refractivity contribution in [3.8, 4) is 0 Å². The van der Waals surface area contributed by atoms with E-state index in [1.54, 1.807) is 5.57 Å². The molecule has 1 fully saturated rings. The summed E-state index contributed by atoms with van der Waals surface area (Å²) in [6.07, 6.45) is 20.8. The fourth-order valence-electron chi connectivity index (χ4n) is 5.26. The molecular weight excluding hydrogens is 384 g/mol. The van der Waals surface area contributed by atoms with E-state index >= 15 is 0 Å². The Kier molecular flexibility index (Phi) is 10.2. The SMILES string of the molecule is CCCCC[C@@H](O)C=C[C@@H]1[C@H]2CC(CCCCCNCc3ccncc3)=C[C@H]2C[C@H]1O. The maximum Gasteiger partial charge on any atom is 0.0721 e. The Hall–Kier alpha value is -1.49. The number of fused-ring (bicyclic) bond motifs is 1. The average Bonchev–Trinajstić information content (AvgIpc) is 3.28. The number of pyridine rings is 1. The van der Waals surface area contributed by atoms with Gasteiger partial charge in [0, 0.05) is 24.9 Å². The minimum Gasteiger partial charge on any atom is -0.392 e. The van der Waals surface area contributed by atoms with Crippen LogP contribution in [0.2, 0.25) is 0 Å². The van der Waals surface area contributed by atoms with Gasteiger partial charge in [-0.1, -0.05) is 56.4 Å². The van der Waals surface area contributed by atoms with Crippen molar-refractivity contribution in [1.29, 1.82) is 0 Å². The summed E-state index contributed by atoms with van der Waals surface area (Å²) in [6, 6.07) is 4.12. The first-order valence-corrected chi connectivity index (χ1v) is 12.5. The molecule has 0 spiro atoms. The van der Waals surface area contributed by atoms with Crippen LogP contribution >= 0.6 is 0 Å². The average molecular weight is 427 g/mol. The van der Waals surface area contributed by atoms with E-state index in [1.165, 1.54) is 44.1 Å². The number of unbranched alkanes of at least 4 members (excludes halogenated alkanes) is 4. The third kappa shape index (κ3) is 7.85. The van der Waals surface area contributed by atoms with Crippen molar-refractivity contribution in [3.63, 3.8) is 0 Å². The molecule has 5 atom stereocenters. The maximum absolute atomic E-state index is 10.5. The van der Waals surface area contributed by atoms with Crippen molar-refractivity contribution in [2.45, 2.75) is 89.9 Å². The summed E-state index contributed by atoms with van der Waals surface area (Å²) in [6.45, 7) is 4.16. The van der Waals surface area contributed by atoms with Crippen LogP contribution in [0.15, 0.2) is 48.3 Å². The number of nitrogens with zero attached hydrogens (tertiary/aromatic N) is 1. The van der Waals surface area contributed by atoms with Crippen LogP contribution in [-0.4, -0.2) is 33.9 Å². The zero-order valence-electron chi connectivity index (χ0n) is 19.3. The molecule has 0 unspecified atom stereocenters. The molecule has 2 aliphatic carbocycles. The maximum atomic E-state index is 10.5. The fourth-order valence-corrected chi connectivity index (χ4v) is 5.26. The molecule has 0 amide bonds. The normalized spacial score (nSPS) is 26.4. The van der Waals surface area contributed by atoms with Crippen molar-refractivity contribution in [3.05, 3.63) is 53.9 Å². The van der Waals surface area contributed by atoms with Gasteiger partial charge in [-0.05, 0) is 74.6 Å². The highest BCUT2D eigenvalue weighted by atomic mass is 16.3. The molecule has 1 heterocycles. The molecule has 1 aromatic heterocycles. The lowest BCUT2D eigenvalue weighted by atomic mass is 9.88. The monoisotopic (exact) mass is 426 g/mol. The first-order chi connectivity index (χ1) is 15.2. The molecule has 1 saturated carbocycles. The number of aromatic nitrogens is 1. The minimum absolute atomic E-state index is 0.206.